The Labute approximate surface area is 205 Å². The molecule has 1 fully saturated rings. The quantitative estimate of drug-likeness (QED) is 0.291. The highest BCUT2D eigenvalue weighted by Crippen LogP contribution is 2.26. The molecule has 1 amide bonds. The second kappa shape index (κ2) is 11.8. The van der Waals surface area contributed by atoms with Gasteiger partial charge in [0.2, 0.25) is 5.91 Å². The molecule has 1 aliphatic rings. The smallest absolute Gasteiger partial charge is 0.222 e. The van der Waals surface area contributed by atoms with E-state index in [0.29, 0.717) is 35.5 Å². The van der Waals surface area contributed by atoms with Crippen LogP contribution in [0.25, 0.3) is 0 Å². The topological polar surface area (TPSA) is 56.7 Å². The molecule has 1 saturated heterocycles. The van der Waals surface area contributed by atoms with Crippen molar-refractivity contribution in [2.75, 3.05) is 13.6 Å². The fourth-order valence-corrected chi connectivity index (χ4v) is 4.04. The van der Waals surface area contributed by atoms with Crippen LogP contribution in [0.2, 0.25) is 10.0 Å². The minimum atomic E-state index is -0.0385. The van der Waals surface area contributed by atoms with Crippen LogP contribution in [-0.2, 0) is 17.9 Å². The Hall–Kier alpha value is -1.51. The molecule has 5 nitrogen and oxygen atoms in total. The average molecular weight is 561 g/mol. The van der Waals surface area contributed by atoms with Gasteiger partial charge in [0.15, 0.2) is 5.96 Å². The summed E-state index contributed by atoms with van der Waals surface area (Å²) < 4.78 is 0. The fourth-order valence-electron chi connectivity index (χ4n) is 3.47. The van der Waals surface area contributed by atoms with Gasteiger partial charge in [-0.15, -0.1) is 24.0 Å². The molecule has 0 saturated carbocycles. The molecule has 30 heavy (non-hydrogen) atoms. The molecule has 2 N–H and O–H groups in total. The summed E-state index contributed by atoms with van der Waals surface area (Å²) in [5.74, 6) is 0.912. The second-order valence-electron chi connectivity index (χ2n) is 7.15. The van der Waals surface area contributed by atoms with E-state index in [0.717, 1.165) is 29.7 Å². The Kier molecular flexibility index (Phi) is 9.71. The van der Waals surface area contributed by atoms with Crippen LogP contribution < -0.4 is 10.6 Å². The molecule has 1 unspecified atom stereocenters. The van der Waals surface area contributed by atoms with E-state index < -0.39 is 0 Å². The Balaban J connectivity index is 0.00000320. The number of rotatable bonds is 6. The molecule has 0 spiro atoms. The fraction of sp³-hybridized carbons (Fsp3) is 0.364. The summed E-state index contributed by atoms with van der Waals surface area (Å²) in [4.78, 5) is 18.2. The summed E-state index contributed by atoms with van der Waals surface area (Å²) in [6.45, 7) is 4.12. The van der Waals surface area contributed by atoms with E-state index in [9.17, 15) is 4.79 Å². The number of nitrogens with zero attached hydrogens (tertiary/aromatic N) is 2. The molecular weight excluding hydrogens is 534 g/mol. The van der Waals surface area contributed by atoms with Crippen molar-refractivity contribution in [1.29, 1.82) is 0 Å². The molecule has 0 bridgehead atoms. The van der Waals surface area contributed by atoms with Crippen LogP contribution in [0.3, 0.4) is 0 Å². The van der Waals surface area contributed by atoms with E-state index >= 15 is 0 Å². The molecule has 8 heteroatoms. The lowest BCUT2D eigenvalue weighted by Gasteiger charge is -2.21. The van der Waals surface area contributed by atoms with Gasteiger partial charge in [0.25, 0.3) is 0 Å². The molecule has 162 valence electrons. The highest BCUT2D eigenvalue weighted by molar-refractivity contribution is 14.0. The third kappa shape index (κ3) is 6.49. The number of aliphatic imine (C=N–C) groups is 1. The first kappa shape index (κ1) is 24.8. The first-order valence-electron chi connectivity index (χ1n) is 9.74. The monoisotopic (exact) mass is 560 g/mol. The molecular formula is C22H27Cl2IN4O. The summed E-state index contributed by atoms with van der Waals surface area (Å²) in [6, 6.07) is 13.6. The van der Waals surface area contributed by atoms with Crippen molar-refractivity contribution >= 4 is 59.0 Å². The number of carbonyl (C=O) groups excluding carboxylic acids is 1. The van der Waals surface area contributed by atoms with Gasteiger partial charge in [0.05, 0.1) is 6.04 Å². The lowest BCUT2D eigenvalue weighted by molar-refractivity contribution is -0.128. The van der Waals surface area contributed by atoms with Gasteiger partial charge in [-0.3, -0.25) is 9.79 Å². The second-order valence-corrected chi connectivity index (χ2v) is 7.99. The first-order valence-corrected chi connectivity index (χ1v) is 10.5. The molecule has 1 heterocycles. The zero-order valence-corrected chi connectivity index (χ0v) is 21.0. The maximum atomic E-state index is 12.0. The van der Waals surface area contributed by atoms with Crippen LogP contribution in [0.15, 0.2) is 47.5 Å². The molecule has 3 rings (SSSR count). The maximum Gasteiger partial charge on any atom is 0.222 e. The number of hydrogen-bond donors (Lipinski definition) is 2. The van der Waals surface area contributed by atoms with Gasteiger partial charge in [-0.25, -0.2) is 0 Å². The summed E-state index contributed by atoms with van der Waals surface area (Å²) in [5.41, 5.74) is 3.25. The van der Waals surface area contributed by atoms with Gasteiger partial charge in [-0.05, 0) is 42.2 Å². The van der Waals surface area contributed by atoms with Crippen molar-refractivity contribution in [2.24, 2.45) is 4.99 Å². The Morgan fingerprint density at radius 3 is 2.57 bits per heavy atom. The van der Waals surface area contributed by atoms with Gasteiger partial charge >= 0.3 is 0 Å². The number of nitrogens with one attached hydrogen (secondary N) is 2. The van der Waals surface area contributed by atoms with Gasteiger partial charge in [0.1, 0.15) is 0 Å². The Morgan fingerprint density at radius 2 is 1.93 bits per heavy atom. The molecule has 2 aromatic rings. The molecule has 1 atom stereocenters. The van der Waals surface area contributed by atoms with Crippen molar-refractivity contribution in [3.05, 3.63) is 69.2 Å². The van der Waals surface area contributed by atoms with Crippen molar-refractivity contribution in [1.82, 2.24) is 15.5 Å². The van der Waals surface area contributed by atoms with E-state index in [2.05, 4.69) is 27.8 Å². The zero-order valence-electron chi connectivity index (χ0n) is 17.1. The third-order valence-electron chi connectivity index (χ3n) is 5.10. The van der Waals surface area contributed by atoms with Crippen LogP contribution in [0, 0.1) is 0 Å². The number of benzene rings is 2. The largest absolute Gasteiger partial charge is 0.352 e. The van der Waals surface area contributed by atoms with Gasteiger partial charge < -0.3 is 15.5 Å². The number of halogens is 3. The molecule has 0 aromatic heterocycles. The van der Waals surface area contributed by atoms with Crippen LogP contribution in [-0.4, -0.2) is 30.4 Å². The van der Waals surface area contributed by atoms with Crippen LogP contribution in [0.1, 0.15) is 42.5 Å². The Morgan fingerprint density at radius 1 is 1.20 bits per heavy atom. The van der Waals surface area contributed by atoms with Gasteiger partial charge in [0, 0.05) is 43.1 Å². The van der Waals surface area contributed by atoms with E-state index in [4.69, 9.17) is 23.2 Å². The number of hydrogen-bond acceptors (Lipinski definition) is 2. The summed E-state index contributed by atoms with van der Waals surface area (Å²) in [7, 11) is 1.74. The number of amides is 1. The van der Waals surface area contributed by atoms with Crippen LogP contribution in [0.4, 0.5) is 0 Å². The minimum absolute atomic E-state index is 0. The highest BCUT2D eigenvalue weighted by Gasteiger charge is 2.21. The summed E-state index contributed by atoms with van der Waals surface area (Å²) >= 11 is 12.3. The van der Waals surface area contributed by atoms with E-state index in [1.54, 1.807) is 13.1 Å². The molecule has 0 radical (unpaired) electrons. The SMILES string of the molecule is CN=C(NCc1ccccc1CN1CCCC1=O)NC(C)c1ccc(Cl)cc1Cl.I. The van der Waals surface area contributed by atoms with Gasteiger partial charge in [-0.2, -0.15) is 0 Å². The molecule has 0 aliphatic carbocycles. The molecule has 2 aromatic carbocycles. The summed E-state index contributed by atoms with van der Waals surface area (Å²) in [6.07, 6.45) is 1.60. The van der Waals surface area contributed by atoms with Crippen LogP contribution >= 0.6 is 47.2 Å². The van der Waals surface area contributed by atoms with Crippen molar-refractivity contribution < 1.29 is 4.79 Å². The normalized spacial score (nSPS) is 15.0. The predicted molar refractivity (Wildman–Crippen MR) is 135 cm³/mol. The van der Waals surface area contributed by atoms with Crippen LogP contribution in [0.5, 0.6) is 0 Å². The van der Waals surface area contributed by atoms with Crippen molar-refractivity contribution in [3.63, 3.8) is 0 Å². The third-order valence-corrected chi connectivity index (χ3v) is 5.67. The predicted octanol–water partition coefficient (Wildman–Crippen LogP) is 5.16. The van der Waals surface area contributed by atoms with Gasteiger partial charge in [-0.1, -0.05) is 53.5 Å². The van der Waals surface area contributed by atoms with E-state index in [1.807, 2.05) is 36.1 Å². The minimum Gasteiger partial charge on any atom is -0.352 e. The van der Waals surface area contributed by atoms with Crippen molar-refractivity contribution in [3.8, 4) is 0 Å². The lowest BCUT2D eigenvalue weighted by Crippen LogP contribution is -2.38. The van der Waals surface area contributed by atoms with E-state index in [-0.39, 0.29) is 35.9 Å². The lowest BCUT2D eigenvalue weighted by atomic mass is 10.1. The first-order chi connectivity index (χ1) is 14.0. The average Bonchev–Trinajstić information content (AvgIpc) is 3.10. The Bertz CT molecular complexity index is 906. The zero-order chi connectivity index (χ0) is 20.8. The molecule has 1 aliphatic heterocycles. The maximum absolute atomic E-state index is 12.0. The standard InChI is InChI=1S/C22H26Cl2N4O.HI/c1-15(19-10-9-18(23)12-20(19)24)27-22(25-2)26-13-16-6-3-4-7-17(16)14-28-11-5-8-21(28)29;/h3-4,6-7,9-10,12,15H,5,8,11,13-14H2,1-2H3,(H2,25,26,27);1H. The highest BCUT2D eigenvalue weighted by atomic mass is 127. The number of guanidine groups is 1. The van der Waals surface area contributed by atoms with E-state index in [1.165, 1.54) is 0 Å². The number of likely N-dealkylation sites (tertiary alicyclic amines) is 1. The summed E-state index contributed by atoms with van der Waals surface area (Å²) in [5, 5.41) is 7.95. The number of carbonyl (C=O) groups is 1. The van der Waals surface area contributed by atoms with Crippen molar-refractivity contribution in [2.45, 2.75) is 38.9 Å².